The number of benzene rings is 2. The van der Waals surface area contributed by atoms with E-state index >= 15 is 0 Å². The molecule has 2 aromatic rings. The van der Waals surface area contributed by atoms with Crippen molar-refractivity contribution < 1.29 is 13.2 Å². The van der Waals surface area contributed by atoms with Crippen LogP contribution in [0.5, 0.6) is 0 Å². The third kappa shape index (κ3) is 7.09. The number of hydrogen-bond donors (Lipinski definition) is 2. The maximum absolute atomic E-state index is 12.2. The first-order valence-corrected chi connectivity index (χ1v) is 12.1. The molecule has 1 amide bonds. The Morgan fingerprint density at radius 2 is 1.70 bits per heavy atom. The zero-order valence-electron chi connectivity index (χ0n) is 16.9. The Hall–Kier alpha value is -1.93. The van der Waals surface area contributed by atoms with Crippen molar-refractivity contribution in [2.45, 2.75) is 43.7 Å². The summed E-state index contributed by atoms with van der Waals surface area (Å²) in [5, 5.41) is 3.17. The molecule has 30 heavy (non-hydrogen) atoms. The van der Waals surface area contributed by atoms with Gasteiger partial charge >= 0.3 is 0 Å². The smallest absolute Gasteiger partial charge is 0.240 e. The fourth-order valence-electron chi connectivity index (χ4n) is 3.44. The number of amides is 1. The third-order valence-corrected chi connectivity index (χ3v) is 6.81. The van der Waals surface area contributed by atoms with Gasteiger partial charge in [0.15, 0.2) is 0 Å². The molecule has 162 valence electrons. The van der Waals surface area contributed by atoms with Gasteiger partial charge in [0.05, 0.1) is 4.90 Å². The van der Waals surface area contributed by atoms with Crippen LogP contribution < -0.4 is 10.0 Å². The normalized spacial score (nSPS) is 15.1. The first kappa shape index (κ1) is 22.7. The molecule has 2 aromatic carbocycles. The summed E-state index contributed by atoms with van der Waals surface area (Å²) < 4.78 is 26.9. The van der Waals surface area contributed by atoms with Crippen molar-refractivity contribution in [3.63, 3.8) is 0 Å². The lowest BCUT2D eigenvalue weighted by Gasteiger charge is -2.26. The Labute approximate surface area is 183 Å². The van der Waals surface area contributed by atoms with E-state index in [-0.39, 0.29) is 23.8 Å². The minimum Gasteiger partial charge on any atom is -0.352 e. The summed E-state index contributed by atoms with van der Waals surface area (Å²) in [6.45, 7) is 3.75. The summed E-state index contributed by atoms with van der Waals surface area (Å²) >= 11 is 5.83. The summed E-state index contributed by atoms with van der Waals surface area (Å²) in [6.07, 6.45) is 3.95. The van der Waals surface area contributed by atoms with Crippen LogP contribution in [0.4, 0.5) is 0 Å². The van der Waals surface area contributed by atoms with Crippen molar-refractivity contribution in [3.05, 3.63) is 64.7 Å². The van der Waals surface area contributed by atoms with Gasteiger partial charge in [-0.1, -0.05) is 48.4 Å². The Bertz CT molecular complexity index is 942. The maximum atomic E-state index is 12.2. The molecule has 0 aromatic heterocycles. The number of likely N-dealkylation sites (tertiary alicyclic amines) is 1. The average molecular weight is 450 g/mol. The second-order valence-electron chi connectivity index (χ2n) is 7.54. The number of nitrogens with one attached hydrogen (secondary N) is 2. The van der Waals surface area contributed by atoms with Crippen LogP contribution in [0, 0.1) is 0 Å². The van der Waals surface area contributed by atoms with Crippen LogP contribution in [0.3, 0.4) is 0 Å². The zero-order chi connectivity index (χ0) is 21.4. The second-order valence-corrected chi connectivity index (χ2v) is 9.74. The van der Waals surface area contributed by atoms with E-state index in [2.05, 4.69) is 27.1 Å². The minimum atomic E-state index is -3.68. The van der Waals surface area contributed by atoms with E-state index in [0.717, 1.165) is 12.1 Å². The van der Waals surface area contributed by atoms with Crippen molar-refractivity contribution in [1.82, 2.24) is 14.9 Å². The van der Waals surface area contributed by atoms with Crippen LogP contribution in [-0.4, -0.2) is 38.9 Å². The van der Waals surface area contributed by atoms with E-state index in [1.165, 1.54) is 50.0 Å². The Morgan fingerprint density at radius 3 is 2.40 bits per heavy atom. The van der Waals surface area contributed by atoms with Crippen LogP contribution in [-0.2, 0) is 27.9 Å². The van der Waals surface area contributed by atoms with Gasteiger partial charge in [-0.25, -0.2) is 13.1 Å². The largest absolute Gasteiger partial charge is 0.352 e. The van der Waals surface area contributed by atoms with Crippen LogP contribution in [0.1, 0.15) is 36.8 Å². The van der Waals surface area contributed by atoms with E-state index in [1.807, 2.05) is 12.1 Å². The first-order valence-electron chi connectivity index (χ1n) is 10.2. The molecule has 8 heteroatoms. The number of carbonyl (C=O) groups is 1. The van der Waals surface area contributed by atoms with E-state index < -0.39 is 10.0 Å². The molecular weight excluding hydrogens is 422 g/mol. The van der Waals surface area contributed by atoms with Gasteiger partial charge in [-0.3, -0.25) is 9.69 Å². The molecule has 1 aliphatic heterocycles. The van der Waals surface area contributed by atoms with E-state index in [4.69, 9.17) is 11.6 Å². The predicted molar refractivity (Wildman–Crippen MR) is 119 cm³/mol. The lowest BCUT2D eigenvalue weighted by molar-refractivity contribution is -0.121. The number of rotatable bonds is 9. The van der Waals surface area contributed by atoms with Gasteiger partial charge in [0.2, 0.25) is 15.9 Å². The van der Waals surface area contributed by atoms with Crippen LogP contribution >= 0.6 is 11.6 Å². The molecule has 3 rings (SSSR count). The Kier molecular flexibility index (Phi) is 8.27. The van der Waals surface area contributed by atoms with Gasteiger partial charge in [-0.05, 0) is 55.3 Å². The second kappa shape index (κ2) is 10.9. The molecule has 0 radical (unpaired) electrons. The highest BCUT2D eigenvalue weighted by molar-refractivity contribution is 7.89. The molecule has 1 fully saturated rings. The highest BCUT2D eigenvalue weighted by Crippen LogP contribution is 2.15. The summed E-state index contributed by atoms with van der Waals surface area (Å²) in [4.78, 5) is 14.6. The number of nitrogens with zero attached hydrogens (tertiary/aromatic N) is 1. The predicted octanol–water partition coefficient (Wildman–Crippen LogP) is 3.31. The summed E-state index contributed by atoms with van der Waals surface area (Å²) in [6, 6.07) is 14.3. The van der Waals surface area contributed by atoms with Crippen molar-refractivity contribution in [1.29, 1.82) is 0 Å². The minimum absolute atomic E-state index is 0.0233. The number of hydrogen-bond acceptors (Lipinski definition) is 4. The SMILES string of the molecule is O=C(CCNS(=O)(=O)c1cccc(Cl)c1)NCc1ccc(CN2CCCCC2)cc1. The number of piperidine rings is 1. The molecule has 0 saturated carbocycles. The van der Waals surface area contributed by atoms with Gasteiger partial charge in [0.1, 0.15) is 0 Å². The molecule has 0 bridgehead atoms. The molecule has 1 saturated heterocycles. The zero-order valence-corrected chi connectivity index (χ0v) is 18.5. The van der Waals surface area contributed by atoms with Gasteiger partial charge in [-0.2, -0.15) is 0 Å². The Balaban J connectivity index is 1.39. The van der Waals surface area contributed by atoms with Crippen LogP contribution in [0.2, 0.25) is 5.02 Å². The summed E-state index contributed by atoms with van der Waals surface area (Å²) in [7, 11) is -3.68. The van der Waals surface area contributed by atoms with Gasteiger partial charge in [0.25, 0.3) is 0 Å². The standard InChI is InChI=1S/C22H28ClN3O3S/c23-20-5-4-6-21(15-20)30(28,29)25-12-11-22(27)24-16-18-7-9-19(10-8-18)17-26-13-2-1-3-14-26/h4-10,15,25H,1-3,11-14,16-17H2,(H,24,27). The van der Waals surface area contributed by atoms with Crippen LogP contribution in [0.15, 0.2) is 53.4 Å². The first-order chi connectivity index (χ1) is 14.4. The van der Waals surface area contributed by atoms with Crippen molar-refractivity contribution >= 4 is 27.5 Å². The molecule has 0 spiro atoms. The van der Waals surface area contributed by atoms with E-state index in [9.17, 15) is 13.2 Å². The maximum Gasteiger partial charge on any atom is 0.240 e. The molecule has 1 heterocycles. The monoisotopic (exact) mass is 449 g/mol. The molecule has 0 atom stereocenters. The third-order valence-electron chi connectivity index (χ3n) is 5.12. The van der Waals surface area contributed by atoms with Crippen LogP contribution in [0.25, 0.3) is 0 Å². The van der Waals surface area contributed by atoms with Gasteiger partial charge in [0, 0.05) is 31.1 Å². The number of halogens is 1. The molecule has 0 aliphatic carbocycles. The van der Waals surface area contributed by atoms with Crippen molar-refractivity contribution in [2.75, 3.05) is 19.6 Å². The molecule has 2 N–H and O–H groups in total. The molecule has 0 unspecified atom stereocenters. The summed E-state index contributed by atoms with van der Waals surface area (Å²) in [5.74, 6) is -0.207. The highest BCUT2D eigenvalue weighted by atomic mass is 35.5. The fraction of sp³-hybridized carbons (Fsp3) is 0.409. The summed E-state index contributed by atoms with van der Waals surface area (Å²) in [5.41, 5.74) is 2.30. The van der Waals surface area contributed by atoms with E-state index in [0.29, 0.717) is 11.6 Å². The topological polar surface area (TPSA) is 78.5 Å². The molecule has 6 nitrogen and oxygen atoms in total. The van der Waals surface area contributed by atoms with Crippen molar-refractivity contribution in [3.8, 4) is 0 Å². The highest BCUT2D eigenvalue weighted by Gasteiger charge is 2.14. The molecular formula is C22H28ClN3O3S. The quantitative estimate of drug-likeness (QED) is 0.615. The van der Waals surface area contributed by atoms with Gasteiger partial charge in [-0.15, -0.1) is 0 Å². The lowest BCUT2D eigenvalue weighted by Crippen LogP contribution is -2.30. The number of sulfonamides is 1. The number of carbonyl (C=O) groups excluding carboxylic acids is 1. The average Bonchev–Trinajstić information content (AvgIpc) is 2.74. The Morgan fingerprint density at radius 1 is 1.00 bits per heavy atom. The molecule has 1 aliphatic rings. The lowest BCUT2D eigenvalue weighted by atomic mass is 10.1. The van der Waals surface area contributed by atoms with Gasteiger partial charge < -0.3 is 5.32 Å². The fourth-order valence-corrected chi connectivity index (χ4v) is 4.78. The van der Waals surface area contributed by atoms with E-state index in [1.54, 1.807) is 12.1 Å². The van der Waals surface area contributed by atoms with Crippen molar-refractivity contribution in [2.24, 2.45) is 0 Å².